The Bertz CT molecular complexity index is 278. The molecule has 14 heavy (non-hydrogen) atoms. The van der Waals surface area contributed by atoms with Gasteiger partial charge in [0, 0.05) is 18.8 Å². The fourth-order valence-corrected chi connectivity index (χ4v) is 1.72. The maximum Gasteiger partial charge on any atom is 0.115 e. The molecule has 0 radical (unpaired) electrons. The van der Waals surface area contributed by atoms with Crippen LogP contribution < -0.4 is 5.43 Å². The van der Waals surface area contributed by atoms with Crippen LogP contribution >= 0.6 is 0 Å². The van der Waals surface area contributed by atoms with Gasteiger partial charge in [-0.2, -0.15) is 0 Å². The van der Waals surface area contributed by atoms with Crippen molar-refractivity contribution in [3.05, 3.63) is 24.3 Å². The van der Waals surface area contributed by atoms with Gasteiger partial charge in [-0.3, -0.25) is 0 Å². The number of hydrogen-bond donors (Lipinski definition) is 2. The Hall–Kier alpha value is -1.22. The molecule has 0 unspecified atom stereocenters. The largest absolute Gasteiger partial charge is 0.508 e. The summed E-state index contributed by atoms with van der Waals surface area (Å²) in [6, 6.07) is 7.19. The van der Waals surface area contributed by atoms with Gasteiger partial charge in [-0.05, 0) is 37.1 Å². The summed E-state index contributed by atoms with van der Waals surface area (Å²) in [5.41, 5.74) is 4.38. The first-order valence-electron chi connectivity index (χ1n) is 5.15. The van der Waals surface area contributed by atoms with Crippen molar-refractivity contribution in [3.63, 3.8) is 0 Å². The van der Waals surface area contributed by atoms with Crippen LogP contribution in [0.3, 0.4) is 0 Å². The molecule has 1 saturated heterocycles. The Morgan fingerprint density at radius 1 is 1.00 bits per heavy atom. The van der Waals surface area contributed by atoms with Crippen LogP contribution in [0.4, 0.5) is 5.69 Å². The molecule has 3 heteroatoms. The van der Waals surface area contributed by atoms with Crippen molar-refractivity contribution in [3.8, 4) is 5.75 Å². The second-order valence-electron chi connectivity index (χ2n) is 3.71. The fourth-order valence-electron chi connectivity index (χ4n) is 1.72. The molecule has 1 aliphatic rings. The fraction of sp³-hybridized carbons (Fsp3) is 0.455. The number of benzene rings is 1. The molecule has 3 nitrogen and oxygen atoms in total. The summed E-state index contributed by atoms with van der Waals surface area (Å²) >= 11 is 0. The summed E-state index contributed by atoms with van der Waals surface area (Å²) in [7, 11) is 0. The van der Waals surface area contributed by atoms with Gasteiger partial charge in [-0.25, -0.2) is 5.01 Å². The van der Waals surface area contributed by atoms with Gasteiger partial charge in [0.25, 0.3) is 0 Å². The Morgan fingerprint density at radius 2 is 1.64 bits per heavy atom. The maximum absolute atomic E-state index is 9.12. The van der Waals surface area contributed by atoms with Gasteiger partial charge in [0.15, 0.2) is 0 Å². The quantitative estimate of drug-likeness (QED) is 0.705. The Kier molecular flexibility index (Phi) is 2.89. The van der Waals surface area contributed by atoms with Gasteiger partial charge in [0.05, 0.1) is 0 Å². The normalized spacial score (nSPS) is 18.0. The first-order valence-corrected chi connectivity index (χ1v) is 5.15. The van der Waals surface area contributed by atoms with Gasteiger partial charge in [-0.15, -0.1) is 0 Å². The van der Waals surface area contributed by atoms with Gasteiger partial charge in [0.2, 0.25) is 0 Å². The molecular formula is C11H16N2O. The number of nitrogens with zero attached hydrogens (tertiary/aromatic N) is 1. The van der Waals surface area contributed by atoms with Crippen molar-refractivity contribution < 1.29 is 5.11 Å². The zero-order valence-electron chi connectivity index (χ0n) is 8.24. The molecule has 0 bridgehead atoms. The van der Waals surface area contributed by atoms with E-state index >= 15 is 0 Å². The highest BCUT2D eigenvalue weighted by molar-refractivity contribution is 5.45. The molecule has 0 spiro atoms. The summed E-state index contributed by atoms with van der Waals surface area (Å²) in [5.74, 6) is 0.314. The highest BCUT2D eigenvalue weighted by Crippen LogP contribution is 2.16. The molecular weight excluding hydrogens is 176 g/mol. The lowest BCUT2D eigenvalue weighted by molar-refractivity contribution is 0.273. The third-order valence-electron chi connectivity index (χ3n) is 2.51. The highest BCUT2D eigenvalue weighted by atomic mass is 16.3. The predicted molar refractivity (Wildman–Crippen MR) is 57.2 cm³/mol. The second-order valence-corrected chi connectivity index (χ2v) is 3.71. The maximum atomic E-state index is 9.12. The molecule has 1 aromatic rings. The van der Waals surface area contributed by atoms with Crippen LogP contribution in [0.1, 0.15) is 19.3 Å². The molecule has 1 heterocycles. The van der Waals surface area contributed by atoms with Crippen LogP contribution in [-0.2, 0) is 0 Å². The first kappa shape index (κ1) is 9.34. The first-order chi connectivity index (χ1) is 6.84. The molecule has 1 aromatic carbocycles. The summed E-state index contributed by atoms with van der Waals surface area (Å²) in [4.78, 5) is 0. The van der Waals surface area contributed by atoms with Crippen LogP contribution in [-0.4, -0.2) is 23.2 Å². The van der Waals surface area contributed by atoms with Crippen molar-refractivity contribution in [1.29, 1.82) is 0 Å². The number of piperidine rings is 1. The minimum absolute atomic E-state index is 0.314. The van der Waals surface area contributed by atoms with Crippen molar-refractivity contribution in [2.24, 2.45) is 0 Å². The number of nitrogens with one attached hydrogen (secondary N) is 1. The van der Waals surface area contributed by atoms with E-state index in [0.717, 1.165) is 18.8 Å². The van der Waals surface area contributed by atoms with E-state index in [4.69, 9.17) is 5.11 Å². The summed E-state index contributed by atoms with van der Waals surface area (Å²) in [5, 5.41) is 11.4. The highest BCUT2D eigenvalue weighted by Gasteiger charge is 2.08. The summed E-state index contributed by atoms with van der Waals surface area (Å²) < 4.78 is 0. The van der Waals surface area contributed by atoms with Gasteiger partial charge in [0.1, 0.15) is 5.75 Å². The van der Waals surface area contributed by atoms with E-state index in [1.165, 1.54) is 19.3 Å². The van der Waals surface area contributed by atoms with Gasteiger partial charge in [-0.1, -0.05) is 6.42 Å². The van der Waals surface area contributed by atoms with Gasteiger partial charge < -0.3 is 10.5 Å². The molecule has 0 aliphatic carbocycles. The molecule has 0 aromatic heterocycles. The number of aromatic hydroxyl groups is 1. The molecule has 0 amide bonds. The molecule has 76 valence electrons. The topological polar surface area (TPSA) is 35.5 Å². The van der Waals surface area contributed by atoms with E-state index in [1.807, 2.05) is 12.1 Å². The lowest BCUT2D eigenvalue weighted by atomic mass is 10.2. The Morgan fingerprint density at radius 3 is 2.29 bits per heavy atom. The van der Waals surface area contributed by atoms with E-state index < -0.39 is 0 Å². The van der Waals surface area contributed by atoms with Crippen molar-refractivity contribution in [2.45, 2.75) is 19.3 Å². The van der Waals surface area contributed by atoms with E-state index in [0.29, 0.717) is 5.75 Å². The lowest BCUT2D eigenvalue weighted by Crippen LogP contribution is -2.34. The average Bonchev–Trinajstić information content (AvgIpc) is 2.23. The van der Waals surface area contributed by atoms with Gasteiger partial charge >= 0.3 is 0 Å². The zero-order valence-corrected chi connectivity index (χ0v) is 8.24. The molecule has 0 saturated carbocycles. The molecule has 0 atom stereocenters. The van der Waals surface area contributed by atoms with Crippen LogP contribution in [0.15, 0.2) is 24.3 Å². The summed E-state index contributed by atoms with van der Waals surface area (Å²) in [6.45, 7) is 2.22. The molecule has 1 fully saturated rings. The minimum Gasteiger partial charge on any atom is -0.508 e. The number of phenols is 1. The van der Waals surface area contributed by atoms with Crippen molar-refractivity contribution >= 4 is 5.69 Å². The van der Waals surface area contributed by atoms with Crippen LogP contribution in [0.5, 0.6) is 5.75 Å². The predicted octanol–water partition coefficient (Wildman–Crippen LogP) is 2.21. The Balaban J connectivity index is 1.92. The molecule has 1 aliphatic heterocycles. The lowest BCUT2D eigenvalue weighted by Gasteiger charge is -2.27. The minimum atomic E-state index is 0.314. The molecule has 2 rings (SSSR count). The number of anilines is 1. The van der Waals surface area contributed by atoms with E-state index in [2.05, 4.69) is 10.4 Å². The summed E-state index contributed by atoms with van der Waals surface area (Å²) in [6.07, 6.45) is 3.88. The van der Waals surface area contributed by atoms with Crippen molar-refractivity contribution in [2.75, 3.05) is 18.5 Å². The number of hydrogen-bond acceptors (Lipinski definition) is 3. The standard InChI is InChI=1S/C11H16N2O/c14-11-6-4-10(5-7-11)12-13-8-2-1-3-9-13/h4-7,12,14H,1-3,8-9H2. The smallest absolute Gasteiger partial charge is 0.115 e. The SMILES string of the molecule is Oc1ccc(NN2CCCCC2)cc1. The third kappa shape index (κ3) is 2.39. The Labute approximate surface area is 84.3 Å². The average molecular weight is 192 g/mol. The number of hydrazine groups is 1. The number of phenolic OH excluding ortho intramolecular Hbond substituents is 1. The number of rotatable bonds is 2. The molecule has 2 N–H and O–H groups in total. The zero-order chi connectivity index (χ0) is 9.80. The second kappa shape index (κ2) is 4.33. The van der Waals surface area contributed by atoms with Crippen molar-refractivity contribution in [1.82, 2.24) is 5.01 Å². The third-order valence-corrected chi connectivity index (χ3v) is 2.51. The monoisotopic (exact) mass is 192 g/mol. The van der Waals surface area contributed by atoms with E-state index in [9.17, 15) is 0 Å². The van der Waals surface area contributed by atoms with E-state index in [1.54, 1.807) is 12.1 Å². The van der Waals surface area contributed by atoms with Crippen LogP contribution in [0.2, 0.25) is 0 Å². The van der Waals surface area contributed by atoms with Crippen LogP contribution in [0.25, 0.3) is 0 Å². The van der Waals surface area contributed by atoms with Crippen LogP contribution in [0, 0.1) is 0 Å². The van der Waals surface area contributed by atoms with E-state index in [-0.39, 0.29) is 0 Å².